The van der Waals surface area contributed by atoms with Crippen molar-refractivity contribution in [3.63, 3.8) is 0 Å². The van der Waals surface area contributed by atoms with Crippen molar-refractivity contribution in [1.82, 2.24) is 19.3 Å². The Morgan fingerprint density at radius 1 is 1.02 bits per heavy atom. The van der Waals surface area contributed by atoms with Gasteiger partial charge in [0.05, 0.1) is 50.1 Å². The normalized spacial score (nSPS) is 23.7. The molecular weight excluding hydrogens is 651 g/mol. The summed E-state index contributed by atoms with van der Waals surface area (Å²) in [5.74, 6) is 0.172. The fourth-order valence-electron chi connectivity index (χ4n) is 7.74. The number of piperazine rings is 1. The smallest absolute Gasteiger partial charge is 0.401 e. The topological polar surface area (TPSA) is 96.3 Å². The zero-order valence-corrected chi connectivity index (χ0v) is 28.7. The molecule has 0 spiro atoms. The number of methoxy groups -OCH3 is 1. The highest BCUT2D eigenvalue weighted by atomic mass is 19.4. The molecule has 10 nitrogen and oxygen atoms in total. The molecule has 2 saturated heterocycles. The molecular formula is C37H46F3N5O5. The van der Waals surface area contributed by atoms with Crippen LogP contribution in [-0.2, 0) is 27.8 Å². The Kier molecular flexibility index (Phi) is 11.1. The van der Waals surface area contributed by atoms with E-state index in [1.54, 1.807) is 18.3 Å². The molecule has 270 valence electrons. The van der Waals surface area contributed by atoms with E-state index in [1.165, 1.54) is 12.0 Å². The third-order valence-corrected chi connectivity index (χ3v) is 10.5. The number of hydrogen-bond acceptors (Lipinski definition) is 7. The Balaban J connectivity index is 1.12. The number of carbonyl (C=O) groups excluding carboxylic acids is 3. The molecule has 6 rings (SSSR count). The number of amides is 2. The number of fused-ring (bicyclic) bond motifs is 1. The second-order valence-electron chi connectivity index (χ2n) is 13.9. The van der Waals surface area contributed by atoms with Crippen LogP contribution in [0, 0.1) is 5.92 Å². The van der Waals surface area contributed by atoms with Gasteiger partial charge in [-0.2, -0.15) is 13.2 Å². The van der Waals surface area contributed by atoms with E-state index < -0.39 is 12.7 Å². The Morgan fingerprint density at radius 2 is 1.76 bits per heavy atom. The predicted octanol–water partition coefficient (Wildman–Crippen LogP) is 4.91. The van der Waals surface area contributed by atoms with Gasteiger partial charge in [0.1, 0.15) is 12.0 Å². The number of hydrogen-bond donors (Lipinski definition) is 1. The number of aryl methyl sites for hydroxylation is 1. The molecule has 0 radical (unpaired) electrons. The summed E-state index contributed by atoms with van der Waals surface area (Å²) in [6.45, 7) is 1.61. The molecule has 2 atom stereocenters. The molecule has 2 aliphatic heterocycles. The first-order valence-electron chi connectivity index (χ1n) is 17.4. The zero-order chi connectivity index (χ0) is 35.4. The number of carbonyl (C=O) groups is 3. The summed E-state index contributed by atoms with van der Waals surface area (Å²) in [5.41, 5.74) is 2.70. The van der Waals surface area contributed by atoms with Crippen molar-refractivity contribution in [3.05, 3.63) is 59.8 Å². The van der Waals surface area contributed by atoms with Crippen molar-refractivity contribution in [2.45, 2.75) is 62.9 Å². The number of para-hydroxylation sites is 1. The number of aldehydes is 1. The van der Waals surface area contributed by atoms with Crippen LogP contribution in [0.2, 0.25) is 0 Å². The van der Waals surface area contributed by atoms with Gasteiger partial charge in [-0.05, 0) is 55.9 Å². The van der Waals surface area contributed by atoms with Crippen molar-refractivity contribution in [2.75, 3.05) is 58.3 Å². The Hall–Kier alpha value is -3.94. The molecule has 0 bridgehead atoms. The van der Waals surface area contributed by atoms with Gasteiger partial charge in [-0.25, -0.2) is 0 Å². The third kappa shape index (κ3) is 8.50. The summed E-state index contributed by atoms with van der Waals surface area (Å²) in [7, 11) is 3.41. The molecule has 3 heterocycles. The fraction of sp³-hybridized carbons (Fsp3) is 0.541. The van der Waals surface area contributed by atoms with Gasteiger partial charge in [0.2, 0.25) is 5.91 Å². The number of alkyl halides is 3. The lowest BCUT2D eigenvalue weighted by Gasteiger charge is -2.38. The minimum absolute atomic E-state index is 0.0209. The highest BCUT2D eigenvalue weighted by Gasteiger charge is 2.40. The number of anilines is 1. The molecule has 1 saturated carbocycles. The Labute approximate surface area is 290 Å². The van der Waals surface area contributed by atoms with Crippen LogP contribution in [-0.4, -0.2) is 115 Å². The predicted molar refractivity (Wildman–Crippen MR) is 183 cm³/mol. The number of rotatable bonds is 11. The van der Waals surface area contributed by atoms with Crippen molar-refractivity contribution in [2.24, 2.45) is 13.0 Å². The lowest BCUT2D eigenvalue weighted by atomic mass is 9.88. The van der Waals surface area contributed by atoms with E-state index in [4.69, 9.17) is 9.47 Å². The summed E-state index contributed by atoms with van der Waals surface area (Å²) in [6, 6.07) is 12.8. The van der Waals surface area contributed by atoms with Gasteiger partial charge < -0.3 is 29.1 Å². The lowest BCUT2D eigenvalue weighted by Crippen LogP contribution is -2.52. The lowest BCUT2D eigenvalue weighted by molar-refractivity contribution is -0.150. The zero-order valence-electron chi connectivity index (χ0n) is 28.7. The monoisotopic (exact) mass is 697 g/mol. The maximum atomic E-state index is 13.9. The number of nitrogens with one attached hydrogen (secondary N) is 1. The van der Waals surface area contributed by atoms with E-state index in [9.17, 15) is 27.6 Å². The first-order chi connectivity index (χ1) is 24.0. The number of ether oxygens (including phenoxy) is 2. The number of halogens is 3. The maximum absolute atomic E-state index is 13.9. The Morgan fingerprint density at radius 3 is 2.46 bits per heavy atom. The fourth-order valence-corrected chi connectivity index (χ4v) is 7.74. The van der Waals surface area contributed by atoms with E-state index in [-0.39, 0.29) is 42.3 Å². The summed E-state index contributed by atoms with van der Waals surface area (Å²) in [4.78, 5) is 44.0. The average molecular weight is 698 g/mol. The molecule has 1 aliphatic carbocycles. The molecule has 1 aromatic heterocycles. The highest BCUT2D eigenvalue weighted by Crippen LogP contribution is 2.31. The van der Waals surface area contributed by atoms with Crippen molar-refractivity contribution in [1.29, 1.82) is 0 Å². The molecule has 50 heavy (non-hydrogen) atoms. The van der Waals surface area contributed by atoms with Crippen LogP contribution < -0.4 is 10.1 Å². The highest BCUT2D eigenvalue weighted by molar-refractivity contribution is 6.13. The second-order valence-corrected chi connectivity index (χ2v) is 13.9. The second kappa shape index (κ2) is 15.5. The molecule has 3 aromatic rings. The van der Waals surface area contributed by atoms with Crippen molar-refractivity contribution >= 4 is 34.7 Å². The maximum Gasteiger partial charge on any atom is 0.401 e. The summed E-state index contributed by atoms with van der Waals surface area (Å²) >= 11 is 0. The minimum Gasteiger partial charge on any atom is -0.495 e. The Bertz CT molecular complexity index is 1660. The van der Waals surface area contributed by atoms with Crippen LogP contribution >= 0.6 is 0 Å². The summed E-state index contributed by atoms with van der Waals surface area (Å²) < 4.78 is 52.8. The van der Waals surface area contributed by atoms with E-state index in [1.807, 2.05) is 46.8 Å². The minimum atomic E-state index is -4.23. The van der Waals surface area contributed by atoms with E-state index >= 15 is 0 Å². The van der Waals surface area contributed by atoms with Crippen LogP contribution in [0.25, 0.3) is 10.9 Å². The third-order valence-electron chi connectivity index (χ3n) is 10.5. The van der Waals surface area contributed by atoms with Gasteiger partial charge in [0.15, 0.2) is 0 Å². The number of aromatic nitrogens is 1. The van der Waals surface area contributed by atoms with Gasteiger partial charge in [-0.1, -0.05) is 24.3 Å². The van der Waals surface area contributed by atoms with E-state index in [0.717, 1.165) is 48.4 Å². The molecule has 3 aliphatic rings. The van der Waals surface area contributed by atoms with Gasteiger partial charge in [0.25, 0.3) is 5.91 Å². The standard InChI is InChI=1S/C37H46F3N5O5/c1-42-21-31(30-5-3-4-6-33(30)42)36(48)41-32-12-9-26(17-34(32)49-2)18-35(47)45-20-27(44-15-13-43(14-16-44)24-37(38,39)40)19-28(45)23-50-29-10-7-25(22-46)8-11-29/h3-6,9,12,17,21-22,25,27-29H,7-8,10-11,13-16,18-20,23-24H2,1-2H3,(H,41,48)/t25?,27-,28-,29?/m0/s1. The van der Waals surface area contributed by atoms with Gasteiger partial charge in [-0.3, -0.25) is 19.4 Å². The first kappa shape index (κ1) is 35.9. The molecule has 3 fully saturated rings. The van der Waals surface area contributed by atoms with Crippen LogP contribution in [0.3, 0.4) is 0 Å². The summed E-state index contributed by atoms with van der Waals surface area (Å²) in [5, 5.41) is 3.80. The average Bonchev–Trinajstić information content (AvgIpc) is 3.69. The van der Waals surface area contributed by atoms with Crippen LogP contribution in [0.4, 0.5) is 18.9 Å². The van der Waals surface area contributed by atoms with Gasteiger partial charge in [0, 0.05) is 68.8 Å². The van der Waals surface area contributed by atoms with Gasteiger partial charge in [-0.15, -0.1) is 0 Å². The van der Waals surface area contributed by atoms with Crippen molar-refractivity contribution < 1.29 is 37.0 Å². The molecule has 13 heteroatoms. The van der Waals surface area contributed by atoms with E-state index in [2.05, 4.69) is 10.2 Å². The van der Waals surface area contributed by atoms with Crippen LogP contribution in [0.1, 0.15) is 48.0 Å². The largest absolute Gasteiger partial charge is 0.495 e. The van der Waals surface area contributed by atoms with Crippen molar-refractivity contribution in [3.8, 4) is 5.75 Å². The SMILES string of the molecule is COc1cc(CC(=O)N2C[C@@H](N3CCN(CC(F)(F)F)CC3)C[C@H]2COC2CCC(C=O)CC2)ccc1NC(=O)c1cn(C)c2ccccc12. The molecule has 0 unspecified atom stereocenters. The molecule has 1 N–H and O–H groups in total. The molecule has 2 aromatic carbocycles. The quantitative estimate of drug-likeness (QED) is 0.285. The number of nitrogens with zero attached hydrogens (tertiary/aromatic N) is 4. The summed E-state index contributed by atoms with van der Waals surface area (Å²) in [6.07, 6.45) is 2.62. The van der Waals surface area contributed by atoms with E-state index in [0.29, 0.717) is 62.8 Å². The first-order valence-corrected chi connectivity index (χ1v) is 17.4. The molecule has 2 amide bonds. The van der Waals surface area contributed by atoms with Crippen LogP contribution in [0.5, 0.6) is 5.75 Å². The number of benzene rings is 2. The van der Waals surface area contributed by atoms with Crippen LogP contribution in [0.15, 0.2) is 48.7 Å². The number of likely N-dealkylation sites (tertiary alicyclic amines) is 1. The van der Waals surface area contributed by atoms with Gasteiger partial charge >= 0.3 is 6.18 Å².